The third-order valence-corrected chi connectivity index (χ3v) is 4.32. The number of hydrogen-bond acceptors (Lipinski definition) is 5. The lowest BCUT2D eigenvalue weighted by atomic mass is 10.2. The van der Waals surface area contributed by atoms with Gasteiger partial charge in [0.25, 0.3) is 5.91 Å². The topological polar surface area (TPSA) is 69.7 Å². The molecule has 0 atom stereocenters. The second-order valence-electron chi connectivity index (χ2n) is 5.91. The van der Waals surface area contributed by atoms with Gasteiger partial charge < -0.3 is 18.8 Å². The fourth-order valence-corrected chi connectivity index (χ4v) is 2.93. The Bertz CT molecular complexity index is 878. The van der Waals surface area contributed by atoms with Crippen molar-refractivity contribution in [3.05, 3.63) is 54.4 Å². The maximum atomic E-state index is 13.1. The molecule has 26 heavy (non-hydrogen) atoms. The fraction of sp³-hybridized carbons (Fsp3) is 0.263. The van der Waals surface area contributed by atoms with E-state index in [-0.39, 0.29) is 5.91 Å². The number of amides is 1. The third kappa shape index (κ3) is 3.09. The lowest BCUT2D eigenvalue weighted by molar-refractivity contribution is 0.0297. The molecule has 0 bridgehead atoms. The smallest absolute Gasteiger partial charge is 0.272 e. The van der Waals surface area contributed by atoms with Gasteiger partial charge in [-0.2, -0.15) is 5.10 Å². The Morgan fingerprint density at radius 2 is 1.92 bits per heavy atom. The molecule has 7 heteroatoms. The molecule has 3 aromatic rings. The summed E-state index contributed by atoms with van der Waals surface area (Å²) in [6.07, 6.45) is 1.59. The summed E-state index contributed by atoms with van der Waals surface area (Å²) in [5.41, 5.74) is 1.88. The number of furan rings is 1. The van der Waals surface area contributed by atoms with Crippen LogP contribution in [0.25, 0.3) is 17.1 Å². The molecular weight excluding hydrogens is 334 g/mol. The molecule has 1 fully saturated rings. The van der Waals surface area contributed by atoms with E-state index in [1.165, 1.54) is 0 Å². The molecule has 1 aliphatic rings. The number of aromatic nitrogens is 2. The Balaban J connectivity index is 1.75. The summed E-state index contributed by atoms with van der Waals surface area (Å²) in [4.78, 5) is 14.8. The highest BCUT2D eigenvalue weighted by Crippen LogP contribution is 2.24. The minimum atomic E-state index is -0.0746. The van der Waals surface area contributed by atoms with E-state index in [4.69, 9.17) is 13.9 Å². The van der Waals surface area contributed by atoms with Crippen LogP contribution in [0, 0.1) is 0 Å². The summed E-state index contributed by atoms with van der Waals surface area (Å²) < 4.78 is 17.6. The van der Waals surface area contributed by atoms with Gasteiger partial charge in [0.1, 0.15) is 17.1 Å². The minimum Gasteiger partial charge on any atom is -0.497 e. The summed E-state index contributed by atoms with van der Waals surface area (Å²) in [6.45, 7) is 2.24. The van der Waals surface area contributed by atoms with Crippen LogP contribution >= 0.6 is 0 Å². The summed E-state index contributed by atoms with van der Waals surface area (Å²) >= 11 is 0. The van der Waals surface area contributed by atoms with E-state index >= 15 is 0 Å². The normalized spacial score (nSPS) is 14.4. The zero-order valence-electron chi connectivity index (χ0n) is 14.4. The molecule has 3 heterocycles. The van der Waals surface area contributed by atoms with E-state index < -0.39 is 0 Å². The average Bonchev–Trinajstić information content (AvgIpc) is 3.38. The number of morpholine rings is 1. The van der Waals surface area contributed by atoms with Crippen LogP contribution in [0.2, 0.25) is 0 Å². The van der Waals surface area contributed by atoms with E-state index in [1.54, 1.807) is 35.1 Å². The van der Waals surface area contributed by atoms with Gasteiger partial charge in [-0.25, -0.2) is 4.68 Å². The molecule has 7 nitrogen and oxygen atoms in total. The number of benzene rings is 1. The highest BCUT2D eigenvalue weighted by molar-refractivity contribution is 5.94. The monoisotopic (exact) mass is 353 g/mol. The molecule has 0 saturated carbocycles. The first kappa shape index (κ1) is 16.4. The Hall–Kier alpha value is -3.06. The zero-order valence-corrected chi connectivity index (χ0v) is 14.4. The maximum Gasteiger partial charge on any atom is 0.272 e. The van der Waals surface area contributed by atoms with E-state index in [0.717, 1.165) is 11.4 Å². The fourth-order valence-electron chi connectivity index (χ4n) is 2.93. The van der Waals surface area contributed by atoms with Crippen LogP contribution in [0.15, 0.2) is 53.1 Å². The third-order valence-electron chi connectivity index (χ3n) is 4.32. The van der Waals surface area contributed by atoms with Gasteiger partial charge in [-0.05, 0) is 36.4 Å². The van der Waals surface area contributed by atoms with Crippen LogP contribution in [-0.4, -0.2) is 54.0 Å². The van der Waals surface area contributed by atoms with Crippen molar-refractivity contribution in [2.45, 2.75) is 0 Å². The summed E-state index contributed by atoms with van der Waals surface area (Å²) in [5.74, 6) is 1.29. The number of carbonyl (C=O) groups excluding carboxylic acids is 1. The molecule has 1 aromatic carbocycles. The molecule has 2 aromatic heterocycles. The lowest BCUT2D eigenvalue weighted by Gasteiger charge is -2.26. The van der Waals surface area contributed by atoms with Gasteiger partial charge in [-0.15, -0.1) is 0 Å². The van der Waals surface area contributed by atoms with Crippen LogP contribution in [0.3, 0.4) is 0 Å². The van der Waals surface area contributed by atoms with Gasteiger partial charge in [0.2, 0.25) is 0 Å². The first-order valence-corrected chi connectivity index (χ1v) is 8.41. The predicted molar refractivity (Wildman–Crippen MR) is 94.5 cm³/mol. The maximum absolute atomic E-state index is 13.1. The molecular formula is C19H19N3O4. The van der Waals surface area contributed by atoms with E-state index in [1.807, 2.05) is 30.3 Å². The van der Waals surface area contributed by atoms with Crippen molar-refractivity contribution < 1.29 is 18.7 Å². The highest BCUT2D eigenvalue weighted by atomic mass is 16.5. The van der Waals surface area contributed by atoms with Crippen molar-refractivity contribution in [1.82, 2.24) is 14.7 Å². The van der Waals surface area contributed by atoms with Crippen molar-refractivity contribution >= 4 is 5.91 Å². The first-order chi connectivity index (χ1) is 12.8. The molecule has 4 rings (SSSR count). The molecule has 0 radical (unpaired) electrons. The minimum absolute atomic E-state index is 0.0746. The quantitative estimate of drug-likeness (QED) is 0.721. The van der Waals surface area contributed by atoms with E-state index in [9.17, 15) is 4.79 Å². The lowest BCUT2D eigenvalue weighted by Crippen LogP contribution is -2.41. The van der Waals surface area contributed by atoms with Crippen LogP contribution in [0.1, 0.15) is 10.5 Å². The van der Waals surface area contributed by atoms with Gasteiger partial charge in [0, 0.05) is 19.2 Å². The van der Waals surface area contributed by atoms with Gasteiger partial charge >= 0.3 is 0 Å². The molecule has 134 valence electrons. The molecule has 1 saturated heterocycles. The van der Waals surface area contributed by atoms with Crippen molar-refractivity contribution in [3.8, 4) is 22.9 Å². The number of nitrogens with zero attached hydrogens (tertiary/aromatic N) is 3. The molecule has 0 spiro atoms. The number of carbonyl (C=O) groups is 1. The zero-order chi connectivity index (χ0) is 17.9. The summed E-state index contributed by atoms with van der Waals surface area (Å²) in [5, 5.41) is 4.60. The van der Waals surface area contributed by atoms with Crippen molar-refractivity contribution in [1.29, 1.82) is 0 Å². The van der Waals surface area contributed by atoms with Crippen molar-refractivity contribution in [2.24, 2.45) is 0 Å². The van der Waals surface area contributed by atoms with Crippen LogP contribution in [0.5, 0.6) is 5.75 Å². The van der Waals surface area contributed by atoms with E-state index in [2.05, 4.69) is 5.10 Å². The summed E-state index contributed by atoms with van der Waals surface area (Å²) in [6, 6.07) is 12.8. The van der Waals surface area contributed by atoms with Crippen molar-refractivity contribution in [3.63, 3.8) is 0 Å². The molecule has 0 unspecified atom stereocenters. The molecule has 0 N–H and O–H groups in total. The van der Waals surface area contributed by atoms with E-state index in [0.29, 0.717) is 43.5 Å². The largest absolute Gasteiger partial charge is 0.497 e. The van der Waals surface area contributed by atoms with Crippen LogP contribution in [0.4, 0.5) is 0 Å². The Labute approximate surface area is 150 Å². The molecule has 1 amide bonds. The number of rotatable bonds is 4. The second-order valence-corrected chi connectivity index (χ2v) is 5.91. The van der Waals surface area contributed by atoms with Gasteiger partial charge in [0.05, 0.1) is 32.3 Å². The Kier molecular flexibility index (Phi) is 4.45. The van der Waals surface area contributed by atoms with Gasteiger partial charge in [-0.3, -0.25) is 4.79 Å². The van der Waals surface area contributed by atoms with Crippen LogP contribution in [-0.2, 0) is 4.74 Å². The molecule has 1 aliphatic heterocycles. The van der Waals surface area contributed by atoms with Gasteiger partial charge in [-0.1, -0.05) is 0 Å². The Morgan fingerprint density at radius 3 is 2.58 bits per heavy atom. The van der Waals surface area contributed by atoms with Crippen molar-refractivity contribution in [2.75, 3.05) is 33.4 Å². The SMILES string of the molecule is COc1ccc(-n2nc(-c3ccco3)cc2C(=O)N2CCOCC2)cc1. The number of hydrogen-bond donors (Lipinski definition) is 0. The number of methoxy groups -OCH3 is 1. The second kappa shape index (κ2) is 7.05. The average molecular weight is 353 g/mol. The molecule has 0 aliphatic carbocycles. The Morgan fingerprint density at radius 1 is 1.15 bits per heavy atom. The highest BCUT2D eigenvalue weighted by Gasteiger charge is 2.24. The number of ether oxygens (including phenoxy) is 2. The predicted octanol–water partition coefficient (Wildman–Crippen LogP) is 2.61. The van der Waals surface area contributed by atoms with Crippen LogP contribution < -0.4 is 4.74 Å². The standard InChI is InChI=1S/C19H19N3O4/c1-24-15-6-4-14(5-7-15)22-17(19(23)21-8-11-25-12-9-21)13-16(20-22)18-3-2-10-26-18/h2-7,10,13H,8-9,11-12H2,1H3. The van der Waals surface area contributed by atoms with Gasteiger partial charge in [0.15, 0.2) is 5.76 Å². The summed E-state index contributed by atoms with van der Waals surface area (Å²) in [7, 11) is 1.62. The first-order valence-electron chi connectivity index (χ1n) is 8.41.